The Balaban J connectivity index is 1.54. The number of carboxylic acid groups (broad SMARTS) is 1. The summed E-state index contributed by atoms with van der Waals surface area (Å²) in [5.41, 5.74) is 2.27. The maximum atomic E-state index is 11.0. The Kier molecular flexibility index (Phi) is 4.98. The predicted octanol–water partition coefficient (Wildman–Crippen LogP) is 5.43. The maximum absolute atomic E-state index is 11.0. The van der Waals surface area contributed by atoms with Crippen LogP contribution in [0.15, 0.2) is 11.6 Å². The molecule has 4 rings (SSSR count). The van der Waals surface area contributed by atoms with Crippen molar-refractivity contribution in [2.24, 2.45) is 40.4 Å². The van der Waals surface area contributed by atoms with Crippen LogP contribution >= 0.6 is 0 Å². The van der Waals surface area contributed by atoms with E-state index in [1.54, 1.807) is 5.57 Å². The van der Waals surface area contributed by atoms with Crippen LogP contribution in [0.1, 0.15) is 85.0 Å². The Morgan fingerprint density at radius 1 is 1.19 bits per heavy atom. The summed E-state index contributed by atoms with van der Waals surface area (Å²) in [6.45, 7) is 7.33. The van der Waals surface area contributed by atoms with Gasteiger partial charge in [0.15, 0.2) is 0 Å². The molecular weight excluding hydrogens is 336 g/mol. The minimum absolute atomic E-state index is 0.124. The van der Waals surface area contributed by atoms with Gasteiger partial charge in [-0.2, -0.15) is 0 Å². The van der Waals surface area contributed by atoms with Gasteiger partial charge in [-0.1, -0.05) is 32.4 Å². The van der Waals surface area contributed by atoms with E-state index >= 15 is 0 Å². The van der Waals surface area contributed by atoms with E-state index in [-0.39, 0.29) is 6.10 Å². The number of allylic oxidation sites excluding steroid dienone is 1. The Bertz CT molecular complexity index is 625. The second kappa shape index (κ2) is 6.90. The van der Waals surface area contributed by atoms with E-state index in [2.05, 4.69) is 26.8 Å². The van der Waals surface area contributed by atoms with Crippen LogP contribution in [-0.4, -0.2) is 22.3 Å². The molecule has 0 amide bonds. The molecule has 3 nitrogen and oxygen atoms in total. The lowest BCUT2D eigenvalue weighted by Crippen LogP contribution is -2.50. The Morgan fingerprint density at radius 3 is 2.70 bits per heavy atom. The third-order valence-electron chi connectivity index (χ3n) is 9.65. The second-order valence-electron chi connectivity index (χ2n) is 10.8. The average molecular weight is 375 g/mol. The van der Waals surface area contributed by atoms with Crippen LogP contribution in [0.2, 0.25) is 0 Å². The average Bonchev–Trinajstić information content (AvgIpc) is 2.97. The van der Waals surface area contributed by atoms with Gasteiger partial charge in [-0.25, -0.2) is 0 Å². The standard InChI is InChI=1S/C24H38O3/c1-15(4-9-22(26)27)19-7-8-20-18-6-5-16-14-17(25)10-12-23(16,2)21(18)11-13-24(19,20)3/h5,15,17-21,25H,4,6-14H2,1-3H3,(H,26,27)/t15-,17+,18+,19-,20+,21+,23+,24?/m1/s1. The number of carboxylic acids is 1. The Hall–Kier alpha value is -0.830. The molecule has 0 radical (unpaired) electrons. The third kappa shape index (κ3) is 3.09. The van der Waals surface area contributed by atoms with E-state index in [1.807, 2.05) is 0 Å². The van der Waals surface area contributed by atoms with E-state index in [1.165, 1.54) is 32.1 Å². The molecule has 3 heteroatoms. The second-order valence-corrected chi connectivity index (χ2v) is 10.8. The number of aliphatic hydroxyl groups is 1. The van der Waals surface area contributed by atoms with E-state index < -0.39 is 5.97 Å². The molecule has 4 aliphatic carbocycles. The quantitative estimate of drug-likeness (QED) is 0.645. The first-order valence-electron chi connectivity index (χ1n) is 11.3. The highest BCUT2D eigenvalue weighted by atomic mass is 16.4. The van der Waals surface area contributed by atoms with Crippen molar-refractivity contribution in [2.75, 3.05) is 0 Å². The zero-order chi connectivity index (χ0) is 19.4. The van der Waals surface area contributed by atoms with Gasteiger partial charge in [-0.3, -0.25) is 4.79 Å². The third-order valence-corrected chi connectivity index (χ3v) is 9.65. The SMILES string of the molecule is C[C@H](CCC(=O)O)[C@H]1CC[C@H]2[C@@H]3CC=C4C[C@@H](O)CC[C@]4(C)[C@H]3CCC12C. The molecule has 0 spiro atoms. The Morgan fingerprint density at radius 2 is 1.96 bits per heavy atom. The highest BCUT2D eigenvalue weighted by Gasteiger charge is 2.59. The molecule has 3 saturated carbocycles. The number of hydrogen-bond acceptors (Lipinski definition) is 2. The maximum Gasteiger partial charge on any atom is 0.303 e. The van der Waals surface area contributed by atoms with Crippen molar-refractivity contribution in [3.8, 4) is 0 Å². The van der Waals surface area contributed by atoms with Gasteiger partial charge in [0.1, 0.15) is 0 Å². The van der Waals surface area contributed by atoms with Crippen molar-refractivity contribution in [3.05, 3.63) is 11.6 Å². The highest BCUT2D eigenvalue weighted by Crippen LogP contribution is 2.67. The summed E-state index contributed by atoms with van der Waals surface area (Å²) in [4.78, 5) is 11.0. The number of aliphatic hydroxyl groups excluding tert-OH is 1. The molecule has 8 atom stereocenters. The van der Waals surface area contributed by atoms with Crippen molar-refractivity contribution in [3.63, 3.8) is 0 Å². The van der Waals surface area contributed by atoms with Gasteiger partial charge in [0, 0.05) is 6.42 Å². The summed E-state index contributed by atoms with van der Waals surface area (Å²) in [6.07, 6.45) is 13.0. The molecule has 2 N–H and O–H groups in total. The van der Waals surface area contributed by atoms with E-state index in [0.717, 1.165) is 43.4 Å². The minimum Gasteiger partial charge on any atom is -0.481 e. The molecule has 0 aromatic heterocycles. The van der Waals surface area contributed by atoms with E-state index in [9.17, 15) is 9.90 Å². The van der Waals surface area contributed by atoms with Gasteiger partial charge in [-0.05, 0) is 98.2 Å². The van der Waals surface area contributed by atoms with Crippen molar-refractivity contribution in [1.29, 1.82) is 0 Å². The first-order chi connectivity index (χ1) is 12.8. The summed E-state index contributed by atoms with van der Waals surface area (Å²) in [6, 6.07) is 0. The van der Waals surface area contributed by atoms with Gasteiger partial charge in [0.25, 0.3) is 0 Å². The fraction of sp³-hybridized carbons (Fsp3) is 0.875. The van der Waals surface area contributed by atoms with Crippen LogP contribution in [0.25, 0.3) is 0 Å². The van der Waals surface area contributed by atoms with Crippen molar-refractivity contribution >= 4 is 5.97 Å². The summed E-state index contributed by atoms with van der Waals surface area (Å²) in [5, 5.41) is 19.2. The van der Waals surface area contributed by atoms with Gasteiger partial charge in [-0.15, -0.1) is 0 Å². The molecule has 0 heterocycles. The first kappa shape index (κ1) is 19.5. The summed E-state index contributed by atoms with van der Waals surface area (Å²) in [5.74, 6) is 2.94. The number of rotatable bonds is 4. The van der Waals surface area contributed by atoms with Crippen LogP contribution < -0.4 is 0 Å². The van der Waals surface area contributed by atoms with Crippen LogP contribution in [0.3, 0.4) is 0 Å². The monoisotopic (exact) mass is 374 g/mol. The number of aliphatic carboxylic acids is 1. The zero-order valence-electron chi connectivity index (χ0n) is 17.4. The van der Waals surface area contributed by atoms with Crippen molar-refractivity contribution in [1.82, 2.24) is 0 Å². The van der Waals surface area contributed by atoms with E-state index in [0.29, 0.717) is 29.1 Å². The van der Waals surface area contributed by atoms with Crippen LogP contribution in [-0.2, 0) is 4.79 Å². The first-order valence-corrected chi connectivity index (χ1v) is 11.3. The largest absolute Gasteiger partial charge is 0.481 e. The van der Waals surface area contributed by atoms with Gasteiger partial charge < -0.3 is 10.2 Å². The van der Waals surface area contributed by atoms with Gasteiger partial charge in [0.2, 0.25) is 0 Å². The molecule has 27 heavy (non-hydrogen) atoms. The molecule has 0 aromatic rings. The molecule has 152 valence electrons. The molecule has 0 aromatic carbocycles. The topological polar surface area (TPSA) is 57.5 Å². The van der Waals surface area contributed by atoms with Crippen molar-refractivity contribution in [2.45, 2.75) is 91.1 Å². The smallest absolute Gasteiger partial charge is 0.303 e. The molecule has 3 fully saturated rings. The number of hydrogen-bond donors (Lipinski definition) is 2. The Labute approximate surface area is 164 Å². The molecule has 0 aliphatic heterocycles. The fourth-order valence-corrected chi connectivity index (χ4v) is 8.17. The lowest BCUT2D eigenvalue weighted by atomic mass is 9.47. The summed E-state index contributed by atoms with van der Waals surface area (Å²) < 4.78 is 0. The molecular formula is C24H38O3. The zero-order valence-corrected chi connectivity index (χ0v) is 17.4. The summed E-state index contributed by atoms with van der Waals surface area (Å²) in [7, 11) is 0. The van der Waals surface area contributed by atoms with Crippen molar-refractivity contribution < 1.29 is 15.0 Å². The summed E-state index contributed by atoms with van der Waals surface area (Å²) >= 11 is 0. The minimum atomic E-state index is -0.650. The molecule has 0 saturated heterocycles. The lowest BCUT2D eigenvalue weighted by Gasteiger charge is -2.58. The van der Waals surface area contributed by atoms with E-state index in [4.69, 9.17) is 5.11 Å². The molecule has 1 unspecified atom stereocenters. The van der Waals surface area contributed by atoms with Crippen LogP contribution in [0.4, 0.5) is 0 Å². The predicted molar refractivity (Wildman–Crippen MR) is 107 cm³/mol. The normalized spacial score (nSPS) is 47.4. The highest BCUT2D eigenvalue weighted by molar-refractivity contribution is 5.66. The number of fused-ring (bicyclic) bond motifs is 5. The molecule has 0 bridgehead atoms. The van der Waals surface area contributed by atoms with Gasteiger partial charge >= 0.3 is 5.97 Å². The molecule has 4 aliphatic rings. The number of carbonyl (C=O) groups is 1. The fourth-order valence-electron chi connectivity index (χ4n) is 8.17. The lowest BCUT2D eigenvalue weighted by molar-refractivity contribution is -0.137. The van der Waals surface area contributed by atoms with Crippen LogP contribution in [0.5, 0.6) is 0 Å². The van der Waals surface area contributed by atoms with Crippen LogP contribution in [0, 0.1) is 40.4 Å². The van der Waals surface area contributed by atoms with Gasteiger partial charge in [0.05, 0.1) is 6.10 Å².